The summed E-state index contributed by atoms with van der Waals surface area (Å²) in [6.45, 7) is 11.7. The highest BCUT2D eigenvalue weighted by molar-refractivity contribution is 14.0. The fourth-order valence-corrected chi connectivity index (χ4v) is 3.21. The van der Waals surface area contributed by atoms with Crippen molar-refractivity contribution in [2.24, 2.45) is 10.9 Å². The largest absolute Gasteiger partial charge is 0.354 e. The molecule has 1 saturated heterocycles. The number of hydrogen-bond donors (Lipinski definition) is 2. The predicted molar refractivity (Wildman–Crippen MR) is 103 cm³/mol. The Morgan fingerprint density at radius 1 is 1.33 bits per heavy atom. The van der Waals surface area contributed by atoms with Gasteiger partial charge in [-0.1, -0.05) is 13.8 Å². The van der Waals surface area contributed by atoms with E-state index in [9.17, 15) is 4.79 Å². The number of carbonyl (C=O) groups is 1. The van der Waals surface area contributed by atoms with Gasteiger partial charge in [-0.2, -0.15) is 11.8 Å². The van der Waals surface area contributed by atoms with Crippen LogP contribution in [0.15, 0.2) is 4.99 Å². The third-order valence-corrected chi connectivity index (χ3v) is 4.47. The first-order valence-electron chi connectivity index (χ1n) is 7.23. The SMILES string of the molecule is CN=C(NCCNC(=O)C(C)C)N1CCSC(C)(C)C1.I. The number of thioether (sulfide) groups is 1. The molecule has 1 aliphatic heterocycles. The Morgan fingerprint density at radius 2 is 1.95 bits per heavy atom. The molecule has 0 bridgehead atoms. The van der Waals surface area contributed by atoms with Crippen LogP contribution in [0.2, 0.25) is 0 Å². The molecule has 7 heteroatoms. The molecule has 124 valence electrons. The number of rotatable bonds is 4. The van der Waals surface area contributed by atoms with Gasteiger partial charge in [0.1, 0.15) is 0 Å². The maximum Gasteiger partial charge on any atom is 0.222 e. The number of guanidine groups is 1. The summed E-state index contributed by atoms with van der Waals surface area (Å²) in [6.07, 6.45) is 0. The first-order valence-corrected chi connectivity index (χ1v) is 8.21. The summed E-state index contributed by atoms with van der Waals surface area (Å²) in [6, 6.07) is 0. The van der Waals surface area contributed by atoms with Crippen LogP contribution in [0.4, 0.5) is 0 Å². The van der Waals surface area contributed by atoms with E-state index in [2.05, 4.69) is 34.4 Å². The zero-order chi connectivity index (χ0) is 15.2. The van der Waals surface area contributed by atoms with Crippen LogP contribution in [0, 0.1) is 5.92 Å². The molecule has 1 rings (SSSR count). The molecule has 0 aromatic rings. The molecule has 0 aromatic heterocycles. The van der Waals surface area contributed by atoms with Crippen LogP contribution >= 0.6 is 35.7 Å². The lowest BCUT2D eigenvalue weighted by atomic mass is 10.2. The van der Waals surface area contributed by atoms with Crippen molar-refractivity contribution in [3.05, 3.63) is 0 Å². The molecular weight excluding hydrogens is 399 g/mol. The van der Waals surface area contributed by atoms with Gasteiger partial charge in [0, 0.05) is 49.6 Å². The van der Waals surface area contributed by atoms with E-state index in [-0.39, 0.29) is 40.5 Å². The second-order valence-electron chi connectivity index (χ2n) is 5.95. The molecule has 0 saturated carbocycles. The molecule has 0 atom stereocenters. The van der Waals surface area contributed by atoms with Crippen molar-refractivity contribution >= 4 is 47.6 Å². The minimum atomic E-state index is 0. The molecule has 21 heavy (non-hydrogen) atoms. The fourth-order valence-electron chi connectivity index (χ4n) is 2.09. The minimum absolute atomic E-state index is 0. The van der Waals surface area contributed by atoms with Crippen LogP contribution in [-0.4, -0.2) is 60.5 Å². The van der Waals surface area contributed by atoms with Gasteiger partial charge in [0.05, 0.1) is 0 Å². The summed E-state index contributed by atoms with van der Waals surface area (Å²) in [5.41, 5.74) is 0. The monoisotopic (exact) mass is 428 g/mol. The Morgan fingerprint density at radius 3 is 2.48 bits per heavy atom. The highest BCUT2D eigenvalue weighted by Crippen LogP contribution is 2.29. The quantitative estimate of drug-likeness (QED) is 0.310. The van der Waals surface area contributed by atoms with Crippen LogP contribution in [0.3, 0.4) is 0 Å². The summed E-state index contributed by atoms with van der Waals surface area (Å²) in [7, 11) is 1.81. The van der Waals surface area contributed by atoms with Gasteiger partial charge in [-0.05, 0) is 13.8 Å². The topological polar surface area (TPSA) is 56.7 Å². The lowest BCUT2D eigenvalue weighted by Crippen LogP contribution is -2.51. The van der Waals surface area contributed by atoms with Crippen molar-refractivity contribution in [2.45, 2.75) is 32.4 Å². The molecule has 5 nitrogen and oxygen atoms in total. The van der Waals surface area contributed by atoms with E-state index in [1.165, 1.54) is 0 Å². The maximum absolute atomic E-state index is 11.5. The van der Waals surface area contributed by atoms with E-state index in [0.29, 0.717) is 13.1 Å². The number of nitrogens with one attached hydrogen (secondary N) is 2. The summed E-state index contributed by atoms with van der Waals surface area (Å²) < 4.78 is 0.266. The number of halogens is 1. The van der Waals surface area contributed by atoms with Crippen molar-refractivity contribution in [1.29, 1.82) is 0 Å². The Bertz CT molecular complexity index is 361. The summed E-state index contributed by atoms with van der Waals surface area (Å²) in [5.74, 6) is 2.18. The van der Waals surface area contributed by atoms with Gasteiger partial charge in [-0.25, -0.2) is 0 Å². The van der Waals surface area contributed by atoms with Gasteiger partial charge >= 0.3 is 0 Å². The van der Waals surface area contributed by atoms with Gasteiger partial charge in [0.15, 0.2) is 5.96 Å². The molecule has 0 radical (unpaired) electrons. The first kappa shape index (κ1) is 20.8. The van der Waals surface area contributed by atoms with Crippen molar-refractivity contribution in [1.82, 2.24) is 15.5 Å². The summed E-state index contributed by atoms with van der Waals surface area (Å²) >= 11 is 2.01. The van der Waals surface area contributed by atoms with Crippen LogP contribution in [0.5, 0.6) is 0 Å². The molecule has 0 unspecified atom stereocenters. The Hall–Kier alpha value is -0.180. The average Bonchev–Trinajstić information content (AvgIpc) is 2.37. The number of carbonyl (C=O) groups excluding carboxylic acids is 1. The number of nitrogens with zero attached hydrogens (tertiary/aromatic N) is 2. The minimum Gasteiger partial charge on any atom is -0.354 e. The fraction of sp³-hybridized carbons (Fsp3) is 0.857. The number of aliphatic imine (C=N–C) groups is 1. The van der Waals surface area contributed by atoms with Gasteiger partial charge < -0.3 is 15.5 Å². The van der Waals surface area contributed by atoms with Crippen LogP contribution in [0.25, 0.3) is 0 Å². The molecule has 0 aliphatic carbocycles. The second-order valence-corrected chi connectivity index (χ2v) is 7.75. The van der Waals surface area contributed by atoms with Gasteiger partial charge in [0.2, 0.25) is 5.91 Å². The van der Waals surface area contributed by atoms with E-state index in [1.54, 1.807) is 0 Å². The molecule has 1 aliphatic rings. The standard InChI is InChI=1S/C14H28N4OS.HI/c1-11(2)12(19)16-6-7-17-13(15-5)18-8-9-20-14(3,4)10-18;/h11H,6-10H2,1-5H3,(H,15,17)(H,16,19);1H. The van der Waals surface area contributed by atoms with Crippen molar-refractivity contribution in [2.75, 3.05) is 39.0 Å². The summed E-state index contributed by atoms with van der Waals surface area (Å²) in [5, 5.41) is 6.22. The van der Waals surface area contributed by atoms with Crippen LogP contribution < -0.4 is 10.6 Å². The van der Waals surface area contributed by atoms with Crippen molar-refractivity contribution in [3.8, 4) is 0 Å². The molecular formula is C14H29IN4OS. The van der Waals surface area contributed by atoms with Crippen molar-refractivity contribution in [3.63, 3.8) is 0 Å². The van der Waals surface area contributed by atoms with E-state index in [4.69, 9.17) is 0 Å². The highest BCUT2D eigenvalue weighted by Gasteiger charge is 2.28. The zero-order valence-corrected chi connectivity index (χ0v) is 16.9. The molecule has 0 spiro atoms. The van der Waals surface area contributed by atoms with E-state index < -0.39 is 0 Å². The lowest BCUT2D eigenvalue weighted by molar-refractivity contribution is -0.123. The third-order valence-electron chi connectivity index (χ3n) is 3.17. The molecule has 1 amide bonds. The first-order chi connectivity index (χ1) is 9.35. The molecule has 1 heterocycles. The summed E-state index contributed by atoms with van der Waals surface area (Å²) in [4.78, 5) is 18.1. The maximum atomic E-state index is 11.5. The van der Waals surface area contributed by atoms with E-state index >= 15 is 0 Å². The smallest absolute Gasteiger partial charge is 0.222 e. The Balaban J connectivity index is 0.00000400. The molecule has 1 fully saturated rings. The van der Waals surface area contributed by atoms with Gasteiger partial charge in [-0.15, -0.1) is 24.0 Å². The highest BCUT2D eigenvalue weighted by atomic mass is 127. The number of amides is 1. The zero-order valence-electron chi connectivity index (χ0n) is 13.7. The lowest BCUT2D eigenvalue weighted by Gasteiger charge is -2.39. The predicted octanol–water partition coefficient (Wildman–Crippen LogP) is 1.78. The van der Waals surface area contributed by atoms with E-state index in [0.717, 1.165) is 24.8 Å². The molecule has 2 N–H and O–H groups in total. The Kier molecular flexibility index (Phi) is 9.68. The third kappa shape index (κ3) is 7.58. The van der Waals surface area contributed by atoms with Crippen LogP contribution in [-0.2, 0) is 4.79 Å². The van der Waals surface area contributed by atoms with E-state index in [1.807, 2.05) is 32.7 Å². The Labute approximate surface area is 150 Å². The number of hydrogen-bond acceptors (Lipinski definition) is 3. The van der Waals surface area contributed by atoms with Crippen molar-refractivity contribution < 1.29 is 4.79 Å². The van der Waals surface area contributed by atoms with Gasteiger partial charge in [-0.3, -0.25) is 9.79 Å². The average molecular weight is 428 g/mol. The second kappa shape index (κ2) is 9.76. The normalized spacial score (nSPS) is 18.2. The molecule has 0 aromatic carbocycles. The van der Waals surface area contributed by atoms with Crippen LogP contribution in [0.1, 0.15) is 27.7 Å². The van der Waals surface area contributed by atoms with Gasteiger partial charge in [0.25, 0.3) is 0 Å².